The van der Waals surface area contributed by atoms with Crippen molar-refractivity contribution in [3.05, 3.63) is 59.9 Å². The molecule has 0 saturated heterocycles. The lowest BCUT2D eigenvalue weighted by molar-refractivity contribution is 0.256. The highest BCUT2D eigenvalue weighted by Crippen LogP contribution is 2.27. The highest BCUT2D eigenvalue weighted by atomic mass is 19.1. The van der Waals surface area contributed by atoms with Gasteiger partial charge in [-0.1, -0.05) is 30.3 Å². The molecule has 1 atom stereocenters. The van der Waals surface area contributed by atoms with E-state index in [-0.39, 0.29) is 11.9 Å². The number of nitrogens with one attached hydrogen (secondary N) is 1. The quantitative estimate of drug-likeness (QED) is 0.878. The van der Waals surface area contributed by atoms with Crippen LogP contribution in [0.2, 0.25) is 0 Å². The van der Waals surface area contributed by atoms with Crippen LogP contribution in [-0.2, 0) is 0 Å². The Kier molecular flexibility index (Phi) is 4.96. The van der Waals surface area contributed by atoms with Gasteiger partial charge < -0.3 is 14.8 Å². The second-order valence-electron chi connectivity index (χ2n) is 4.32. The number of likely N-dealkylation sites (N-methyl/N-ethyl adjacent to an activating group) is 1. The van der Waals surface area contributed by atoms with Crippen LogP contribution in [0, 0.1) is 5.82 Å². The molecule has 0 radical (unpaired) electrons. The van der Waals surface area contributed by atoms with Gasteiger partial charge in [-0.3, -0.25) is 0 Å². The number of rotatable bonds is 6. The first-order chi connectivity index (χ1) is 9.76. The van der Waals surface area contributed by atoms with E-state index in [4.69, 9.17) is 9.47 Å². The first-order valence-electron chi connectivity index (χ1n) is 6.43. The first-order valence-corrected chi connectivity index (χ1v) is 6.43. The highest BCUT2D eigenvalue weighted by molar-refractivity contribution is 5.39. The molecule has 0 amide bonds. The molecule has 0 aliphatic rings. The number of hydrogen-bond acceptors (Lipinski definition) is 3. The van der Waals surface area contributed by atoms with E-state index < -0.39 is 0 Å². The minimum absolute atomic E-state index is 0.221. The fourth-order valence-electron chi connectivity index (χ4n) is 2.00. The van der Waals surface area contributed by atoms with Crippen LogP contribution >= 0.6 is 0 Å². The van der Waals surface area contributed by atoms with Crippen LogP contribution in [0.4, 0.5) is 4.39 Å². The van der Waals surface area contributed by atoms with Gasteiger partial charge >= 0.3 is 0 Å². The summed E-state index contributed by atoms with van der Waals surface area (Å²) in [5, 5.41) is 3.06. The summed E-state index contributed by atoms with van der Waals surface area (Å²) in [6.45, 7) is 0.317. The summed E-state index contributed by atoms with van der Waals surface area (Å²) in [6.07, 6.45) is 0. The van der Waals surface area contributed by atoms with E-state index in [2.05, 4.69) is 5.32 Å². The number of hydrogen-bond donors (Lipinski definition) is 1. The van der Waals surface area contributed by atoms with E-state index in [0.29, 0.717) is 23.7 Å². The maximum absolute atomic E-state index is 13.8. The minimum atomic E-state index is -0.240. The van der Waals surface area contributed by atoms with Crippen molar-refractivity contribution in [2.24, 2.45) is 0 Å². The van der Waals surface area contributed by atoms with Gasteiger partial charge in [0.1, 0.15) is 12.4 Å². The van der Waals surface area contributed by atoms with Crippen molar-refractivity contribution in [3.8, 4) is 11.5 Å². The summed E-state index contributed by atoms with van der Waals surface area (Å²) in [7, 11) is 3.37. The monoisotopic (exact) mass is 275 g/mol. The average molecular weight is 275 g/mol. The highest BCUT2D eigenvalue weighted by Gasteiger charge is 2.15. The van der Waals surface area contributed by atoms with Crippen molar-refractivity contribution in [3.63, 3.8) is 0 Å². The van der Waals surface area contributed by atoms with Gasteiger partial charge in [0.2, 0.25) is 0 Å². The topological polar surface area (TPSA) is 30.5 Å². The van der Waals surface area contributed by atoms with Crippen LogP contribution in [0.15, 0.2) is 48.5 Å². The molecule has 0 aliphatic carbocycles. The van der Waals surface area contributed by atoms with Gasteiger partial charge in [0.25, 0.3) is 0 Å². The van der Waals surface area contributed by atoms with E-state index in [0.717, 1.165) is 0 Å². The number of para-hydroxylation sites is 2. The zero-order valence-electron chi connectivity index (χ0n) is 11.6. The number of halogens is 1. The molecule has 2 rings (SSSR count). The molecule has 2 aromatic rings. The maximum Gasteiger partial charge on any atom is 0.161 e. The molecule has 0 aromatic heterocycles. The van der Waals surface area contributed by atoms with Crippen LogP contribution in [0.25, 0.3) is 0 Å². The molecule has 20 heavy (non-hydrogen) atoms. The van der Waals surface area contributed by atoms with Crippen molar-refractivity contribution in [1.29, 1.82) is 0 Å². The Morgan fingerprint density at radius 1 is 1.05 bits per heavy atom. The summed E-state index contributed by atoms with van der Waals surface area (Å²) >= 11 is 0. The molecule has 4 heteroatoms. The molecule has 0 aliphatic heterocycles. The largest absolute Gasteiger partial charge is 0.493 e. The Labute approximate surface area is 118 Å². The predicted octanol–water partition coefficient (Wildman–Crippen LogP) is 3.17. The zero-order chi connectivity index (χ0) is 14.4. The summed E-state index contributed by atoms with van der Waals surface area (Å²) in [4.78, 5) is 0. The van der Waals surface area contributed by atoms with Gasteiger partial charge in [0, 0.05) is 5.56 Å². The molecular weight excluding hydrogens is 257 g/mol. The van der Waals surface area contributed by atoms with Crippen LogP contribution < -0.4 is 14.8 Å². The molecular formula is C16H18FNO2. The normalized spacial score (nSPS) is 11.9. The SMILES string of the molecule is CNC(COc1ccccc1OC)c1ccccc1F. The van der Waals surface area contributed by atoms with Gasteiger partial charge in [-0.25, -0.2) is 4.39 Å². The first kappa shape index (κ1) is 14.3. The minimum Gasteiger partial charge on any atom is -0.493 e. The lowest BCUT2D eigenvalue weighted by Gasteiger charge is -2.19. The third-order valence-corrected chi connectivity index (χ3v) is 3.10. The van der Waals surface area contributed by atoms with Crippen molar-refractivity contribution >= 4 is 0 Å². The second kappa shape index (κ2) is 6.91. The molecule has 2 aromatic carbocycles. The van der Waals surface area contributed by atoms with Crippen molar-refractivity contribution in [1.82, 2.24) is 5.32 Å². The van der Waals surface area contributed by atoms with Crippen LogP contribution in [0.5, 0.6) is 11.5 Å². The van der Waals surface area contributed by atoms with Crippen LogP contribution in [0.3, 0.4) is 0 Å². The van der Waals surface area contributed by atoms with E-state index in [1.54, 1.807) is 26.3 Å². The Morgan fingerprint density at radius 3 is 2.35 bits per heavy atom. The van der Waals surface area contributed by atoms with Gasteiger partial charge in [0.05, 0.1) is 13.2 Å². The third kappa shape index (κ3) is 3.27. The Hall–Kier alpha value is -2.07. The van der Waals surface area contributed by atoms with Gasteiger partial charge in [-0.05, 0) is 25.2 Å². The second-order valence-corrected chi connectivity index (χ2v) is 4.32. The Bertz CT molecular complexity index is 560. The number of ether oxygens (including phenoxy) is 2. The molecule has 106 valence electrons. The number of benzene rings is 2. The molecule has 0 saturated carbocycles. The summed E-state index contributed by atoms with van der Waals surface area (Å²) < 4.78 is 24.7. The lowest BCUT2D eigenvalue weighted by atomic mass is 10.1. The van der Waals surface area contributed by atoms with E-state index in [9.17, 15) is 4.39 Å². The molecule has 0 heterocycles. The van der Waals surface area contributed by atoms with Gasteiger partial charge in [0.15, 0.2) is 11.5 Å². The molecule has 0 bridgehead atoms. The molecule has 0 spiro atoms. The molecule has 1 N–H and O–H groups in total. The zero-order valence-corrected chi connectivity index (χ0v) is 11.6. The summed E-state index contributed by atoms with van der Waals surface area (Å²) in [5.74, 6) is 1.07. The van der Waals surface area contributed by atoms with Crippen molar-refractivity contribution in [2.45, 2.75) is 6.04 Å². The molecule has 0 fully saturated rings. The maximum atomic E-state index is 13.8. The Balaban J connectivity index is 2.10. The van der Waals surface area contributed by atoms with Gasteiger partial charge in [-0.2, -0.15) is 0 Å². The van der Waals surface area contributed by atoms with Crippen molar-refractivity contribution in [2.75, 3.05) is 20.8 Å². The van der Waals surface area contributed by atoms with Crippen LogP contribution in [-0.4, -0.2) is 20.8 Å². The molecule has 1 unspecified atom stereocenters. The number of methoxy groups -OCH3 is 1. The van der Waals surface area contributed by atoms with E-state index in [1.165, 1.54) is 6.07 Å². The standard InChI is InChI=1S/C16H18FNO2/c1-18-14(12-7-3-4-8-13(12)17)11-20-16-10-6-5-9-15(16)19-2/h3-10,14,18H,11H2,1-2H3. The third-order valence-electron chi connectivity index (χ3n) is 3.10. The molecule has 3 nitrogen and oxygen atoms in total. The lowest BCUT2D eigenvalue weighted by Crippen LogP contribution is -2.24. The van der Waals surface area contributed by atoms with Crippen molar-refractivity contribution < 1.29 is 13.9 Å². The fourth-order valence-corrected chi connectivity index (χ4v) is 2.00. The Morgan fingerprint density at radius 2 is 1.70 bits per heavy atom. The van der Waals surface area contributed by atoms with E-state index >= 15 is 0 Å². The fraction of sp³-hybridized carbons (Fsp3) is 0.250. The van der Waals surface area contributed by atoms with Crippen LogP contribution in [0.1, 0.15) is 11.6 Å². The van der Waals surface area contributed by atoms with E-state index in [1.807, 2.05) is 30.3 Å². The smallest absolute Gasteiger partial charge is 0.161 e. The summed E-state index contributed by atoms with van der Waals surface area (Å²) in [5.41, 5.74) is 0.588. The average Bonchev–Trinajstić information content (AvgIpc) is 2.50. The predicted molar refractivity (Wildman–Crippen MR) is 76.7 cm³/mol. The van der Waals surface area contributed by atoms with Gasteiger partial charge in [-0.15, -0.1) is 0 Å². The summed E-state index contributed by atoms with van der Waals surface area (Å²) in [6, 6.07) is 13.9.